The van der Waals surface area contributed by atoms with E-state index in [1.54, 1.807) is 14.2 Å². The van der Waals surface area contributed by atoms with Gasteiger partial charge in [0, 0.05) is 24.8 Å². The van der Waals surface area contributed by atoms with Crippen LogP contribution < -0.4 is 14.8 Å². The summed E-state index contributed by atoms with van der Waals surface area (Å²) in [6.07, 6.45) is 5.17. The van der Waals surface area contributed by atoms with Gasteiger partial charge in [0.2, 0.25) is 0 Å². The molecule has 3 atom stereocenters. The normalized spacial score (nSPS) is 23.1. The molecule has 1 aromatic carbocycles. The van der Waals surface area contributed by atoms with Gasteiger partial charge in [0.05, 0.1) is 14.2 Å². The van der Waals surface area contributed by atoms with Crippen molar-refractivity contribution in [1.29, 1.82) is 0 Å². The quantitative estimate of drug-likeness (QED) is 0.430. The highest BCUT2D eigenvalue weighted by Crippen LogP contribution is 2.41. The zero-order chi connectivity index (χ0) is 21.7. The SMILES string of the molecule is COc1ccc([C@@H]2C[C@@H](O[Si](C)(C)C(C)(C)C)C[C@H](CCCCO)N2)cc1OC. The number of piperidine rings is 1. The molecule has 6 heteroatoms. The van der Waals surface area contributed by atoms with E-state index < -0.39 is 8.32 Å². The molecule has 0 radical (unpaired) electrons. The van der Waals surface area contributed by atoms with Crippen molar-refractivity contribution in [2.75, 3.05) is 20.8 Å². The summed E-state index contributed by atoms with van der Waals surface area (Å²) in [5.41, 5.74) is 1.21. The van der Waals surface area contributed by atoms with E-state index in [4.69, 9.17) is 19.0 Å². The van der Waals surface area contributed by atoms with Gasteiger partial charge < -0.3 is 24.3 Å². The Morgan fingerprint density at radius 3 is 2.34 bits per heavy atom. The molecule has 0 aromatic heterocycles. The van der Waals surface area contributed by atoms with Crippen molar-refractivity contribution in [1.82, 2.24) is 5.32 Å². The van der Waals surface area contributed by atoms with Crippen LogP contribution in [0.5, 0.6) is 11.5 Å². The fourth-order valence-corrected chi connectivity index (χ4v) is 5.17. The van der Waals surface area contributed by atoms with E-state index in [1.807, 2.05) is 6.07 Å². The number of rotatable bonds is 9. The first-order valence-electron chi connectivity index (χ1n) is 10.9. The minimum atomic E-state index is -1.84. The summed E-state index contributed by atoms with van der Waals surface area (Å²) in [6.45, 7) is 11.8. The molecule has 1 aliphatic rings. The van der Waals surface area contributed by atoms with Gasteiger partial charge in [-0.2, -0.15) is 0 Å². The number of methoxy groups -OCH3 is 2. The largest absolute Gasteiger partial charge is 0.493 e. The highest BCUT2D eigenvalue weighted by molar-refractivity contribution is 6.74. The lowest BCUT2D eigenvalue weighted by molar-refractivity contribution is 0.0978. The fourth-order valence-electron chi connectivity index (χ4n) is 3.79. The van der Waals surface area contributed by atoms with Crippen molar-refractivity contribution in [3.63, 3.8) is 0 Å². The molecule has 2 rings (SSSR count). The Labute approximate surface area is 178 Å². The molecule has 1 aliphatic heterocycles. The molecule has 0 aliphatic carbocycles. The van der Waals surface area contributed by atoms with Crippen LogP contribution in [0, 0.1) is 0 Å². The van der Waals surface area contributed by atoms with E-state index in [0.717, 1.165) is 43.6 Å². The molecule has 1 saturated heterocycles. The maximum absolute atomic E-state index is 9.16. The predicted molar refractivity (Wildman–Crippen MR) is 121 cm³/mol. The number of hydrogen-bond donors (Lipinski definition) is 2. The van der Waals surface area contributed by atoms with Gasteiger partial charge in [-0.1, -0.05) is 26.8 Å². The molecule has 2 N–H and O–H groups in total. The third-order valence-electron chi connectivity index (χ3n) is 6.52. The molecule has 0 saturated carbocycles. The van der Waals surface area contributed by atoms with E-state index in [2.05, 4.69) is 51.3 Å². The molecule has 0 spiro atoms. The predicted octanol–water partition coefficient (Wildman–Crippen LogP) is 5.05. The van der Waals surface area contributed by atoms with Gasteiger partial charge in [-0.15, -0.1) is 0 Å². The van der Waals surface area contributed by atoms with E-state index in [0.29, 0.717) is 6.04 Å². The van der Waals surface area contributed by atoms with Crippen molar-refractivity contribution in [3.05, 3.63) is 23.8 Å². The summed E-state index contributed by atoms with van der Waals surface area (Å²) in [6, 6.07) is 6.80. The molecular formula is C23H41NO4Si. The number of nitrogens with one attached hydrogen (secondary N) is 1. The lowest BCUT2D eigenvalue weighted by atomic mass is 9.89. The molecule has 5 nitrogen and oxygen atoms in total. The Bertz CT molecular complexity index is 644. The smallest absolute Gasteiger partial charge is 0.192 e. The first-order chi connectivity index (χ1) is 13.6. The summed E-state index contributed by atoms with van der Waals surface area (Å²) in [5.74, 6) is 1.51. The molecule has 1 heterocycles. The Morgan fingerprint density at radius 2 is 1.76 bits per heavy atom. The van der Waals surface area contributed by atoms with E-state index >= 15 is 0 Å². The summed E-state index contributed by atoms with van der Waals surface area (Å²) in [7, 11) is 1.51. The molecule has 0 amide bonds. The van der Waals surface area contributed by atoms with Crippen LogP contribution >= 0.6 is 0 Å². The second-order valence-corrected chi connectivity index (χ2v) is 14.5. The Hall–Kier alpha value is -1.08. The van der Waals surface area contributed by atoms with Crippen LogP contribution in [0.15, 0.2) is 18.2 Å². The average molecular weight is 424 g/mol. The van der Waals surface area contributed by atoms with Crippen LogP contribution in [0.4, 0.5) is 0 Å². The van der Waals surface area contributed by atoms with Crippen molar-refractivity contribution in [2.24, 2.45) is 0 Å². The maximum Gasteiger partial charge on any atom is 0.192 e. The first-order valence-corrected chi connectivity index (χ1v) is 13.8. The van der Waals surface area contributed by atoms with Gasteiger partial charge >= 0.3 is 0 Å². The van der Waals surface area contributed by atoms with Gasteiger partial charge in [-0.25, -0.2) is 0 Å². The zero-order valence-corrected chi connectivity index (χ0v) is 20.4. The molecule has 1 fully saturated rings. The number of ether oxygens (including phenoxy) is 2. The van der Waals surface area contributed by atoms with E-state index in [9.17, 15) is 0 Å². The van der Waals surface area contributed by atoms with Crippen LogP contribution in [-0.4, -0.2) is 46.4 Å². The van der Waals surface area contributed by atoms with Gasteiger partial charge in [0.1, 0.15) is 0 Å². The summed E-state index contributed by atoms with van der Waals surface area (Å²) in [5, 5.41) is 13.2. The molecule has 0 bridgehead atoms. The maximum atomic E-state index is 9.16. The summed E-state index contributed by atoms with van der Waals surface area (Å²) < 4.78 is 17.7. The van der Waals surface area contributed by atoms with E-state index in [-0.39, 0.29) is 23.8 Å². The number of aliphatic hydroxyl groups is 1. The second-order valence-electron chi connectivity index (χ2n) is 9.72. The number of unbranched alkanes of at least 4 members (excludes halogenated alkanes) is 1. The topological polar surface area (TPSA) is 60.0 Å². The lowest BCUT2D eigenvalue weighted by Gasteiger charge is -2.44. The van der Waals surface area contributed by atoms with Crippen LogP contribution in [0.1, 0.15) is 64.5 Å². The molecule has 1 aromatic rings. The number of benzene rings is 1. The first kappa shape index (κ1) is 24.2. The Balaban J connectivity index is 2.22. The minimum absolute atomic E-state index is 0.198. The average Bonchev–Trinajstić information content (AvgIpc) is 2.66. The molecule has 0 unspecified atom stereocenters. The summed E-state index contributed by atoms with van der Waals surface area (Å²) in [4.78, 5) is 0. The molecule has 29 heavy (non-hydrogen) atoms. The minimum Gasteiger partial charge on any atom is -0.493 e. The van der Waals surface area contributed by atoms with E-state index in [1.165, 1.54) is 5.56 Å². The van der Waals surface area contributed by atoms with Crippen LogP contribution in [0.3, 0.4) is 0 Å². The number of aliphatic hydroxyl groups excluding tert-OH is 1. The van der Waals surface area contributed by atoms with Gasteiger partial charge in [0.25, 0.3) is 0 Å². The lowest BCUT2D eigenvalue weighted by Crippen LogP contribution is -2.50. The Kier molecular flexibility index (Phi) is 8.58. The fraction of sp³-hybridized carbons (Fsp3) is 0.739. The van der Waals surface area contributed by atoms with Gasteiger partial charge in [-0.3, -0.25) is 0 Å². The molecule has 166 valence electrons. The highest BCUT2D eigenvalue weighted by Gasteiger charge is 2.41. The zero-order valence-electron chi connectivity index (χ0n) is 19.4. The standard InChI is InChI=1S/C23H41NO4Si/c1-23(2,3)29(6,7)28-19-15-18(10-8-9-13-25)24-20(16-19)17-11-12-21(26-4)22(14-17)27-5/h11-12,14,18-20,24-25H,8-10,13,15-16H2,1-7H3/t18-,19-,20-/m0/s1. The number of hydrogen-bond acceptors (Lipinski definition) is 5. The van der Waals surface area contributed by atoms with Crippen molar-refractivity contribution in [2.45, 2.75) is 89.2 Å². The Morgan fingerprint density at radius 1 is 1.07 bits per heavy atom. The third kappa shape index (κ3) is 6.45. The third-order valence-corrected chi connectivity index (χ3v) is 11.1. The monoisotopic (exact) mass is 423 g/mol. The van der Waals surface area contributed by atoms with Crippen LogP contribution in [0.2, 0.25) is 18.1 Å². The van der Waals surface area contributed by atoms with Gasteiger partial charge in [-0.05, 0) is 67.9 Å². The van der Waals surface area contributed by atoms with Crippen molar-refractivity contribution in [3.8, 4) is 11.5 Å². The highest BCUT2D eigenvalue weighted by atomic mass is 28.4. The summed E-state index contributed by atoms with van der Waals surface area (Å²) >= 11 is 0. The van der Waals surface area contributed by atoms with Gasteiger partial charge in [0.15, 0.2) is 19.8 Å². The van der Waals surface area contributed by atoms with Crippen molar-refractivity contribution < 1.29 is 19.0 Å². The molecular weight excluding hydrogens is 382 g/mol. The van der Waals surface area contributed by atoms with Crippen molar-refractivity contribution >= 4 is 8.32 Å². The van der Waals surface area contributed by atoms with Crippen LogP contribution in [0.25, 0.3) is 0 Å². The van der Waals surface area contributed by atoms with Crippen LogP contribution in [-0.2, 0) is 4.43 Å². The second kappa shape index (κ2) is 10.3.